The second kappa shape index (κ2) is 6.75. The van der Waals surface area contributed by atoms with Gasteiger partial charge in [-0.25, -0.2) is 8.78 Å². The van der Waals surface area contributed by atoms with Gasteiger partial charge < -0.3 is 15.0 Å². The summed E-state index contributed by atoms with van der Waals surface area (Å²) in [7, 11) is 0. The predicted octanol–water partition coefficient (Wildman–Crippen LogP) is 3.05. The minimum absolute atomic E-state index is 0.191. The first-order chi connectivity index (χ1) is 11.1. The Balaban J connectivity index is 1.69. The Kier molecular flexibility index (Phi) is 4.52. The van der Waals surface area contributed by atoms with E-state index in [0.717, 1.165) is 30.9 Å². The van der Waals surface area contributed by atoms with E-state index in [0.29, 0.717) is 25.0 Å². The van der Waals surface area contributed by atoms with Crippen LogP contribution in [0.4, 0.5) is 20.2 Å². The second-order valence-corrected chi connectivity index (χ2v) is 5.22. The van der Waals surface area contributed by atoms with Crippen LogP contribution in [-0.2, 0) is 4.74 Å². The van der Waals surface area contributed by atoms with Crippen molar-refractivity contribution in [3.8, 4) is 0 Å². The fourth-order valence-corrected chi connectivity index (χ4v) is 2.45. The van der Waals surface area contributed by atoms with Crippen molar-refractivity contribution in [2.75, 3.05) is 36.5 Å². The maximum atomic E-state index is 13.6. The Hall–Kier alpha value is -2.47. The van der Waals surface area contributed by atoms with Gasteiger partial charge in [-0.2, -0.15) is 0 Å². The van der Waals surface area contributed by atoms with Gasteiger partial charge in [0.1, 0.15) is 11.6 Å². The second-order valence-electron chi connectivity index (χ2n) is 5.22. The quantitative estimate of drug-likeness (QED) is 0.946. The average Bonchev–Trinajstić information content (AvgIpc) is 2.56. The van der Waals surface area contributed by atoms with Crippen molar-refractivity contribution in [3.05, 3.63) is 59.7 Å². The molecule has 0 spiro atoms. The van der Waals surface area contributed by atoms with Crippen molar-refractivity contribution in [1.82, 2.24) is 0 Å². The highest BCUT2D eigenvalue weighted by atomic mass is 19.1. The number of halogens is 2. The number of anilines is 2. The van der Waals surface area contributed by atoms with E-state index in [2.05, 4.69) is 10.2 Å². The molecule has 0 unspecified atom stereocenters. The molecule has 2 aromatic rings. The zero-order chi connectivity index (χ0) is 16.2. The van der Waals surface area contributed by atoms with E-state index in [1.807, 2.05) is 12.1 Å². The van der Waals surface area contributed by atoms with Crippen molar-refractivity contribution in [2.45, 2.75) is 0 Å². The molecule has 1 fully saturated rings. The number of rotatable bonds is 3. The highest BCUT2D eigenvalue weighted by Crippen LogP contribution is 2.20. The van der Waals surface area contributed by atoms with Crippen LogP contribution in [0.15, 0.2) is 42.5 Å². The van der Waals surface area contributed by atoms with E-state index in [1.54, 1.807) is 12.1 Å². The van der Waals surface area contributed by atoms with Crippen LogP contribution in [-0.4, -0.2) is 32.2 Å². The smallest absolute Gasteiger partial charge is 0.258 e. The number of benzene rings is 2. The van der Waals surface area contributed by atoms with E-state index in [9.17, 15) is 13.6 Å². The van der Waals surface area contributed by atoms with Gasteiger partial charge in [0.2, 0.25) is 0 Å². The highest BCUT2D eigenvalue weighted by Gasteiger charge is 2.14. The van der Waals surface area contributed by atoms with Crippen molar-refractivity contribution in [1.29, 1.82) is 0 Å². The fourth-order valence-electron chi connectivity index (χ4n) is 2.45. The minimum atomic E-state index is -0.882. The number of hydrogen-bond donors (Lipinski definition) is 1. The summed E-state index contributed by atoms with van der Waals surface area (Å²) in [6, 6.07) is 10.2. The molecule has 4 nitrogen and oxygen atoms in total. The maximum Gasteiger partial charge on any atom is 0.258 e. The molecule has 1 amide bonds. The van der Waals surface area contributed by atoms with Crippen molar-refractivity contribution in [2.24, 2.45) is 0 Å². The summed E-state index contributed by atoms with van der Waals surface area (Å²) >= 11 is 0. The largest absolute Gasteiger partial charge is 0.378 e. The Labute approximate surface area is 132 Å². The molecule has 0 radical (unpaired) electrons. The molecule has 0 aliphatic carbocycles. The molecule has 23 heavy (non-hydrogen) atoms. The van der Waals surface area contributed by atoms with Crippen molar-refractivity contribution in [3.63, 3.8) is 0 Å². The first kappa shape index (κ1) is 15.4. The summed E-state index contributed by atoms with van der Waals surface area (Å²) in [6.07, 6.45) is 0. The Morgan fingerprint density at radius 1 is 1.04 bits per heavy atom. The van der Waals surface area contributed by atoms with Crippen LogP contribution in [0.2, 0.25) is 0 Å². The van der Waals surface area contributed by atoms with Gasteiger partial charge in [-0.1, -0.05) is 0 Å². The van der Waals surface area contributed by atoms with Crippen LogP contribution in [0.1, 0.15) is 10.4 Å². The van der Waals surface area contributed by atoms with Crippen molar-refractivity contribution >= 4 is 17.3 Å². The molecular weight excluding hydrogens is 302 g/mol. The standard InChI is InChI=1S/C17H16F2N2O2/c18-12-1-6-15(16(19)11-12)17(22)20-13-2-4-14(5-3-13)21-7-9-23-10-8-21/h1-6,11H,7-10H2,(H,20,22). The first-order valence-corrected chi connectivity index (χ1v) is 7.32. The summed E-state index contributed by atoms with van der Waals surface area (Å²) in [5.41, 5.74) is 1.40. The zero-order valence-corrected chi connectivity index (χ0v) is 12.4. The van der Waals surface area contributed by atoms with Crippen LogP contribution in [0.5, 0.6) is 0 Å². The molecule has 120 valence electrons. The third-order valence-electron chi connectivity index (χ3n) is 3.68. The molecule has 6 heteroatoms. The third-order valence-corrected chi connectivity index (χ3v) is 3.68. The SMILES string of the molecule is O=C(Nc1ccc(N2CCOCC2)cc1)c1ccc(F)cc1F. The third kappa shape index (κ3) is 3.65. The first-order valence-electron chi connectivity index (χ1n) is 7.32. The lowest BCUT2D eigenvalue weighted by molar-refractivity contribution is 0.102. The van der Waals surface area contributed by atoms with E-state index in [4.69, 9.17) is 4.74 Å². The highest BCUT2D eigenvalue weighted by molar-refractivity contribution is 6.04. The van der Waals surface area contributed by atoms with Crippen LogP contribution in [0.25, 0.3) is 0 Å². The number of carbonyl (C=O) groups excluding carboxylic acids is 1. The summed E-state index contributed by atoms with van der Waals surface area (Å²) in [6.45, 7) is 3.05. The summed E-state index contributed by atoms with van der Waals surface area (Å²) in [5.74, 6) is -2.21. The van der Waals surface area contributed by atoms with Crippen molar-refractivity contribution < 1.29 is 18.3 Å². The molecule has 2 aromatic carbocycles. The van der Waals surface area contributed by atoms with Crippen LogP contribution in [0, 0.1) is 11.6 Å². The number of nitrogens with one attached hydrogen (secondary N) is 1. The Morgan fingerprint density at radius 3 is 2.39 bits per heavy atom. The molecule has 1 saturated heterocycles. The lowest BCUT2D eigenvalue weighted by Crippen LogP contribution is -2.36. The topological polar surface area (TPSA) is 41.6 Å². The lowest BCUT2D eigenvalue weighted by atomic mass is 10.2. The fraction of sp³-hybridized carbons (Fsp3) is 0.235. The van der Waals surface area contributed by atoms with E-state index < -0.39 is 17.5 Å². The summed E-state index contributed by atoms with van der Waals surface area (Å²) < 4.78 is 31.8. The van der Waals surface area contributed by atoms with E-state index in [-0.39, 0.29) is 5.56 Å². The number of hydrogen-bond acceptors (Lipinski definition) is 3. The van der Waals surface area contributed by atoms with Crippen LogP contribution in [0.3, 0.4) is 0 Å². The molecular formula is C17H16F2N2O2. The molecule has 0 bridgehead atoms. The Bertz CT molecular complexity index is 698. The minimum Gasteiger partial charge on any atom is -0.378 e. The van der Waals surface area contributed by atoms with E-state index in [1.165, 1.54) is 0 Å². The number of ether oxygens (including phenoxy) is 1. The number of morpholine rings is 1. The number of nitrogens with zero attached hydrogens (tertiary/aromatic N) is 1. The molecule has 0 aromatic heterocycles. The van der Waals surface area contributed by atoms with Gasteiger partial charge in [-0.3, -0.25) is 4.79 Å². The van der Waals surface area contributed by atoms with Gasteiger partial charge in [-0.05, 0) is 36.4 Å². The van der Waals surface area contributed by atoms with Crippen LogP contribution < -0.4 is 10.2 Å². The molecule has 1 aliphatic heterocycles. The molecule has 0 atom stereocenters. The lowest BCUT2D eigenvalue weighted by Gasteiger charge is -2.28. The summed E-state index contributed by atoms with van der Waals surface area (Å²) in [4.78, 5) is 14.2. The molecule has 3 rings (SSSR count). The molecule has 1 heterocycles. The van der Waals surface area contributed by atoms with Gasteiger partial charge in [0.25, 0.3) is 5.91 Å². The zero-order valence-electron chi connectivity index (χ0n) is 12.4. The normalized spacial score (nSPS) is 14.6. The molecule has 1 aliphatic rings. The molecule has 0 saturated carbocycles. The van der Waals surface area contributed by atoms with Gasteiger partial charge >= 0.3 is 0 Å². The summed E-state index contributed by atoms with van der Waals surface area (Å²) in [5, 5.41) is 2.60. The van der Waals surface area contributed by atoms with Crippen LogP contribution >= 0.6 is 0 Å². The maximum absolute atomic E-state index is 13.6. The van der Waals surface area contributed by atoms with Gasteiger partial charge in [0.05, 0.1) is 18.8 Å². The van der Waals surface area contributed by atoms with Gasteiger partial charge in [0.15, 0.2) is 0 Å². The number of amides is 1. The monoisotopic (exact) mass is 318 g/mol. The predicted molar refractivity (Wildman–Crippen MR) is 83.8 cm³/mol. The number of carbonyl (C=O) groups is 1. The van der Waals surface area contributed by atoms with E-state index >= 15 is 0 Å². The molecule has 1 N–H and O–H groups in total. The Morgan fingerprint density at radius 2 is 1.74 bits per heavy atom. The van der Waals surface area contributed by atoms with Gasteiger partial charge in [0, 0.05) is 30.5 Å². The van der Waals surface area contributed by atoms with Gasteiger partial charge in [-0.15, -0.1) is 0 Å². The average molecular weight is 318 g/mol.